The summed E-state index contributed by atoms with van der Waals surface area (Å²) in [6.07, 6.45) is 0. The van der Waals surface area contributed by atoms with E-state index in [9.17, 15) is 9.59 Å². The number of hydrogen-bond acceptors (Lipinski definition) is 3. The van der Waals surface area contributed by atoms with Gasteiger partial charge in [0.05, 0.1) is 0 Å². The lowest BCUT2D eigenvalue weighted by Gasteiger charge is -2.05. The standard InChI is InChI=1S/C10H11NO3/c1-6-3-4-8(7(2)5-6)14-10(13)9(11)12/h3-5H,1-2H3,(H2,11,12). The van der Waals surface area contributed by atoms with E-state index >= 15 is 0 Å². The predicted molar refractivity (Wildman–Crippen MR) is 50.7 cm³/mol. The van der Waals surface area contributed by atoms with Crippen molar-refractivity contribution in [3.8, 4) is 5.75 Å². The van der Waals surface area contributed by atoms with Crippen molar-refractivity contribution in [3.63, 3.8) is 0 Å². The normalized spacial score (nSPS) is 9.57. The number of aryl methyl sites for hydroxylation is 2. The van der Waals surface area contributed by atoms with Gasteiger partial charge in [-0.05, 0) is 25.5 Å². The Morgan fingerprint density at radius 3 is 2.43 bits per heavy atom. The Hall–Kier alpha value is -1.84. The molecule has 0 fully saturated rings. The lowest BCUT2D eigenvalue weighted by molar-refractivity contribution is -0.146. The summed E-state index contributed by atoms with van der Waals surface area (Å²) in [5.41, 5.74) is 6.60. The van der Waals surface area contributed by atoms with Gasteiger partial charge in [-0.1, -0.05) is 17.7 Å². The van der Waals surface area contributed by atoms with E-state index in [0.29, 0.717) is 5.75 Å². The molecule has 1 rings (SSSR count). The largest absolute Gasteiger partial charge is 0.419 e. The molecule has 0 radical (unpaired) electrons. The average Bonchev–Trinajstić information content (AvgIpc) is 2.09. The minimum atomic E-state index is -1.09. The maximum atomic E-state index is 10.9. The van der Waals surface area contributed by atoms with E-state index in [1.165, 1.54) is 0 Å². The maximum Gasteiger partial charge on any atom is 0.401 e. The van der Waals surface area contributed by atoms with Gasteiger partial charge in [0.25, 0.3) is 0 Å². The summed E-state index contributed by atoms with van der Waals surface area (Å²) in [6.45, 7) is 3.71. The van der Waals surface area contributed by atoms with E-state index in [-0.39, 0.29) is 0 Å². The number of amides is 1. The summed E-state index contributed by atoms with van der Waals surface area (Å²) in [6, 6.07) is 5.27. The number of ether oxygens (including phenoxy) is 1. The molecule has 4 nitrogen and oxygen atoms in total. The van der Waals surface area contributed by atoms with Gasteiger partial charge in [-0.15, -0.1) is 0 Å². The van der Waals surface area contributed by atoms with Crippen LogP contribution in [0, 0.1) is 13.8 Å². The summed E-state index contributed by atoms with van der Waals surface area (Å²) in [4.78, 5) is 21.3. The summed E-state index contributed by atoms with van der Waals surface area (Å²) in [7, 11) is 0. The van der Waals surface area contributed by atoms with Gasteiger partial charge >= 0.3 is 11.9 Å². The van der Waals surface area contributed by atoms with Gasteiger partial charge in [-0.3, -0.25) is 4.79 Å². The Bertz CT molecular complexity index is 385. The zero-order chi connectivity index (χ0) is 10.7. The SMILES string of the molecule is Cc1ccc(OC(=O)C(N)=O)c(C)c1. The Balaban J connectivity index is 2.87. The fraction of sp³-hybridized carbons (Fsp3) is 0.200. The predicted octanol–water partition coefficient (Wildman–Crippen LogP) is 0.694. The van der Waals surface area contributed by atoms with Gasteiger partial charge in [0, 0.05) is 0 Å². The first kappa shape index (κ1) is 10.2. The van der Waals surface area contributed by atoms with Gasteiger partial charge in [0.2, 0.25) is 0 Å². The molecule has 0 aliphatic rings. The highest BCUT2D eigenvalue weighted by molar-refractivity contribution is 6.32. The second-order valence-corrected chi connectivity index (χ2v) is 3.02. The van der Waals surface area contributed by atoms with Crippen molar-refractivity contribution >= 4 is 11.9 Å². The molecule has 4 heteroatoms. The number of rotatable bonds is 1. The smallest absolute Gasteiger partial charge is 0.401 e. The van der Waals surface area contributed by atoms with Crippen molar-refractivity contribution in [3.05, 3.63) is 29.3 Å². The highest BCUT2D eigenvalue weighted by atomic mass is 16.5. The van der Waals surface area contributed by atoms with Crippen LogP contribution in [0.15, 0.2) is 18.2 Å². The molecular weight excluding hydrogens is 182 g/mol. The average molecular weight is 193 g/mol. The van der Waals surface area contributed by atoms with Crippen LogP contribution in [0.2, 0.25) is 0 Å². The Morgan fingerprint density at radius 1 is 1.29 bits per heavy atom. The van der Waals surface area contributed by atoms with E-state index in [1.54, 1.807) is 19.1 Å². The molecule has 0 heterocycles. The molecule has 0 aromatic heterocycles. The molecule has 0 bridgehead atoms. The molecule has 1 aromatic rings. The molecule has 0 atom stereocenters. The monoisotopic (exact) mass is 193 g/mol. The number of esters is 1. The van der Waals surface area contributed by atoms with Crippen LogP contribution in [0.1, 0.15) is 11.1 Å². The number of carbonyl (C=O) groups excluding carboxylic acids is 2. The van der Waals surface area contributed by atoms with Crippen LogP contribution in [0.25, 0.3) is 0 Å². The lowest BCUT2D eigenvalue weighted by Crippen LogP contribution is -2.27. The Kier molecular flexibility index (Phi) is 2.86. The fourth-order valence-corrected chi connectivity index (χ4v) is 1.06. The molecule has 0 saturated carbocycles. The van der Waals surface area contributed by atoms with E-state index in [0.717, 1.165) is 11.1 Å². The second-order valence-electron chi connectivity index (χ2n) is 3.02. The van der Waals surface area contributed by atoms with Crippen LogP contribution in [0.5, 0.6) is 5.75 Å². The fourth-order valence-electron chi connectivity index (χ4n) is 1.06. The van der Waals surface area contributed by atoms with Crippen molar-refractivity contribution < 1.29 is 14.3 Å². The molecule has 0 aliphatic heterocycles. The van der Waals surface area contributed by atoms with E-state index in [1.807, 2.05) is 13.0 Å². The van der Waals surface area contributed by atoms with Crippen molar-refractivity contribution in [1.29, 1.82) is 0 Å². The second kappa shape index (κ2) is 3.91. The van der Waals surface area contributed by atoms with Crippen molar-refractivity contribution in [2.45, 2.75) is 13.8 Å². The van der Waals surface area contributed by atoms with Crippen LogP contribution in [-0.2, 0) is 9.59 Å². The van der Waals surface area contributed by atoms with Gasteiger partial charge in [0.1, 0.15) is 5.75 Å². The van der Waals surface area contributed by atoms with E-state index < -0.39 is 11.9 Å². The first-order valence-electron chi connectivity index (χ1n) is 4.09. The first-order chi connectivity index (χ1) is 6.50. The molecule has 1 aromatic carbocycles. The molecule has 2 N–H and O–H groups in total. The van der Waals surface area contributed by atoms with Gasteiger partial charge in [-0.2, -0.15) is 0 Å². The maximum absolute atomic E-state index is 10.9. The minimum absolute atomic E-state index is 0.361. The van der Waals surface area contributed by atoms with Crippen LogP contribution >= 0.6 is 0 Å². The summed E-state index contributed by atoms with van der Waals surface area (Å²) < 4.78 is 4.75. The molecule has 1 amide bonds. The lowest BCUT2D eigenvalue weighted by atomic mass is 10.1. The number of benzene rings is 1. The molecule has 0 unspecified atom stereocenters. The number of hydrogen-bond donors (Lipinski definition) is 1. The third kappa shape index (κ3) is 2.32. The summed E-state index contributed by atoms with van der Waals surface area (Å²) in [5.74, 6) is -1.78. The molecule has 0 spiro atoms. The van der Waals surface area contributed by atoms with Gasteiger partial charge < -0.3 is 10.5 Å². The highest BCUT2D eigenvalue weighted by Crippen LogP contribution is 2.18. The Labute approximate surface area is 81.7 Å². The minimum Gasteiger partial charge on any atom is -0.419 e. The third-order valence-corrected chi connectivity index (χ3v) is 1.73. The van der Waals surface area contributed by atoms with E-state index in [2.05, 4.69) is 0 Å². The Morgan fingerprint density at radius 2 is 1.93 bits per heavy atom. The number of carbonyl (C=O) groups is 2. The molecular formula is C10H11NO3. The molecule has 14 heavy (non-hydrogen) atoms. The topological polar surface area (TPSA) is 69.4 Å². The van der Waals surface area contributed by atoms with Crippen LogP contribution in [0.3, 0.4) is 0 Å². The van der Waals surface area contributed by atoms with E-state index in [4.69, 9.17) is 10.5 Å². The first-order valence-corrected chi connectivity index (χ1v) is 4.09. The molecule has 74 valence electrons. The zero-order valence-corrected chi connectivity index (χ0v) is 8.03. The number of nitrogens with two attached hydrogens (primary N) is 1. The van der Waals surface area contributed by atoms with Crippen LogP contribution in [0.4, 0.5) is 0 Å². The summed E-state index contributed by atoms with van der Waals surface area (Å²) >= 11 is 0. The highest BCUT2D eigenvalue weighted by Gasteiger charge is 2.12. The third-order valence-electron chi connectivity index (χ3n) is 1.73. The van der Waals surface area contributed by atoms with Gasteiger partial charge in [0.15, 0.2) is 0 Å². The van der Waals surface area contributed by atoms with Crippen molar-refractivity contribution in [2.75, 3.05) is 0 Å². The zero-order valence-electron chi connectivity index (χ0n) is 8.03. The number of primary amides is 1. The summed E-state index contributed by atoms with van der Waals surface area (Å²) in [5, 5.41) is 0. The van der Waals surface area contributed by atoms with Crippen LogP contribution < -0.4 is 10.5 Å². The molecule has 0 aliphatic carbocycles. The van der Waals surface area contributed by atoms with Crippen molar-refractivity contribution in [1.82, 2.24) is 0 Å². The van der Waals surface area contributed by atoms with Crippen LogP contribution in [-0.4, -0.2) is 11.9 Å². The quantitative estimate of drug-likeness (QED) is 0.405. The van der Waals surface area contributed by atoms with Gasteiger partial charge in [-0.25, -0.2) is 4.79 Å². The van der Waals surface area contributed by atoms with Crippen molar-refractivity contribution in [2.24, 2.45) is 5.73 Å². The molecule has 0 saturated heterocycles.